The molecule has 0 aliphatic carbocycles. The maximum atomic E-state index is 13.2. The molecule has 2 atom stereocenters. The first-order valence-electron chi connectivity index (χ1n) is 9.60. The Labute approximate surface area is 181 Å². The van der Waals surface area contributed by atoms with Gasteiger partial charge in [-0.1, -0.05) is 17.8 Å². The molecule has 0 saturated carbocycles. The van der Waals surface area contributed by atoms with Crippen LogP contribution in [0, 0.1) is 5.82 Å². The van der Waals surface area contributed by atoms with E-state index < -0.39 is 17.9 Å². The number of amides is 1. The van der Waals surface area contributed by atoms with Crippen LogP contribution in [0.4, 0.5) is 4.39 Å². The smallest absolute Gasteiger partial charge is 0.355 e. The molecule has 2 aromatic rings. The lowest BCUT2D eigenvalue weighted by molar-refractivity contribution is -0.128. The summed E-state index contributed by atoms with van der Waals surface area (Å²) in [6, 6.07) is 5.84. The molecule has 30 heavy (non-hydrogen) atoms. The number of carbonyl (C=O) groups excluding carboxylic acids is 1. The number of thioether (sulfide) groups is 1. The second kappa shape index (κ2) is 10.7. The van der Waals surface area contributed by atoms with Crippen LogP contribution < -0.4 is 4.74 Å². The molecule has 0 radical (unpaired) electrons. The maximum absolute atomic E-state index is 13.2. The lowest BCUT2D eigenvalue weighted by Crippen LogP contribution is -2.35. The number of hydrogen-bond donors (Lipinski definition) is 2. The van der Waals surface area contributed by atoms with Crippen molar-refractivity contribution in [1.82, 2.24) is 9.88 Å². The zero-order valence-corrected chi connectivity index (χ0v) is 17.8. The maximum Gasteiger partial charge on any atom is 0.355 e. The zero-order chi connectivity index (χ0) is 21.5. The van der Waals surface area contributed by atoms with Crippen LogP contribution in [0.3, 0.4) is 0 Å². The summed E-state index contributed by atoms with van der Waals surface area (Å²) in [4.78, 5) is 29.0. The van der Waals surface area contributed by atoms with Gasteiger partial charge in [0, 0.05) is 36.2 Å². The Morgan fingerprint density at radius 1 is 1.47 bits per heavy atom. The second-order valence-corrected chi connectivity index (χ2v) is 9.13. The molecular weight excluding hydrogens is 431 g/mol. The Bertz CT molecular complexity index is 878. The number of benzene rings is 1. The number of nitrogens with zero attached hydrogens (tertiary/aromatic N) is 2. The first-order chi connectivity index (χ1) is 14.4. The average Bonchev–Trinajstić information content (AvgIpc) is 3.32. The molecule has 1 aliphatic rings. The Kier molecular flexibility index (Phi) is 8.06. The summed E-state index contributed by atoms with van der Waals surface area (Å²) in [5.74, 6) is -0.349. The van der Waals surface area contributed by atoms with Crippen molar-refractivity contribution in [2.75, 3.05) is 18.9 Å². The summed E-state index contributed by atoms with van der Waals surface area (Å²) in [6.45, 7) is 0.613. The number of carboxylic acid groups (broad SMARTS) is 1. The highest BCUT2D eigenvalue weighted by atomic mass is 32.2. The fourth-order valence-electron chi connectivity index (χ4n) is 3.27. The number of ether oxygens (including phenoxy) is 1. The second-order valence-electron chi connectivity index (χ2n) is 6.93. The van der Waals surface area contributed by atoms with Gasteiger partial charge >= 0.3 is 5.97 Å². The van der Waals surface area contributed by atoms with Crippen molar-refractivity contribution in [1.29, 1.82) is 0 Å². The van der Waals surface area contributed by atoms with Crippen LogP contribution >= 0.6 is 23.1 Å². The van der Waals surface area contributed by atoms with E-state index in [0.29, 0.717) is 41.6 Å². The van der Waals surface area contributed by atoms with E-state index >= 15 is 0 Å². The number of carbonyl (C=O) groups is 2. The Balaban J connectivity index is 1.40. The average molecular weight is 455 g/mol. The predicted octanol–water partition coefficient (Wildman–Crippen LogP) is 3.28. The Morgan fingerprint density at radius 3 is 3.03 bits per heavy atom. The van der Waals surface area contributed by atoms with Crippen molar-refractivity contribution in [2.45, 2.75) is 42.2 Å². The van der Waals surface area contributed by atoms with Gasteiger partial charge in [-0.2, -0.15) is 0 Å². The zero-order valence-electron chi connectivity index (χ0n) is 16.2. The number of rotatable bonds is 11. The molecule has 0 bridgehead atoms. The van der Waals surface area contributed by atoms with Crippen molar-refractivity contribution in [3.8, 4) is 5.75 Å². The van der Waals surface area contributed by atoms with Crippen molar-refractivity contribution in [2.24, 2.45) is 0 Å². The number of likely N-dealkylation sites (tertiary alicyclic amines) is 1. The fraction of sp³-hybridized carbons (Fsp3) is 0.450. The molecule has 1 unspecified atom stereocenters. The first kappa shape index (κ1) is 22.5. The minimum atomic E-state index is -1.05. The lowest BCUT2D eigenvalue weighted by Gasteiger charge is -2.25. The first-order valence-corrected chi connectivity index (χ1v) is 11.5. The van der Waals surface area contributed by atoms with Crippen molar-refractivity contribution in [3.05, 3.63) is 41.2 Å². The van der Waals surface area contributed by atoms with Crippen molar-refractivity contribution >= 4 is 35.0 Å². The molecule has 1 fully saturated rings. The van der Waals surface area contributed by atoms with E-state index in [9.17, 15) is 19.1 Å². The number of halogens is 1. The molecule has 1 amide bonds. The number of aromatic nitrogens is 1. The molecule has 7 nitrogen and oxygen atoms in total. The summed E-state index contributed by atoms with van der Waals surface area (Å²) < 4.78 is 19.2. The molecule has 3 rings (SSSR count). The van der Waals surface area contributed by atoms with E-state index in [2.05, 4.69) is 4.98 Å². The molecule has 2 heterocycles. The Morgan fingerprint density at radius 2 is 2.30 bits per heavy atom. The third-order valence-corrected chi connectivity index (χ3v) is 6.79. The normalized spacial score (nSPS) is 17.3. The van der Waals surface area contributed by atoms with E-state index in [1.165, 1.54) is 40.6 Å². The van der Waals surface area contributed by atoms with Gasteiger partial charge in [-0.25, -0.2) is 14.2 Å². The topological polar surface area (TPSA) is 100.0 Å². The number of aromatic carboxylic acids is 1. The van der Waals surface area contributed by atoms with Crippen molar-refractivity contribution < 1.29 is 28.9 Å². The van der Waals surface area contributed by atoms with E-state index in [1.807, 2.05) is 4.90 Å². The van der Waals surface area contributed by atoms with Gasteiger partial charge in [-0.05, 0) is 31.4 Å². The Hall–Kier alpha value is -2.17. The third-order valence-electron chi connectivity index (χ3n) is 4.78. The number of carboxylic acids is 1. The number of aliphatic hydroxyl groups excluding tert-OH is 1. The summed E-state index contributed by atoms with van der Waals surface area (Å²) in [5, 5.41) is 20.6. The largest absolute Gasteiger partial charge is 0.491 e. The minimum absolute atomic E-state index is 0.0343. The van der Waals surface area contributed by atoms with Crippen LogP contribution in [0.5, 0.6) is 5.75 Å². The molecule has 2 N–H and O–H groups in total. The van der Waals surface area contributed by atoms with Crippen LogP contribution in [-0.2, 0) is 4.79 Å². The highest BCUT2D eigenvalue weighted by Crippen LogP contribution is 2.27. The van der Waals surface area contributed by atoms with Gasteiger partial charge in [0.05, 0.1) is 6.10 Å². The van der Waals surface area contributed by atoms with E-state index in [4.69, 9.17) is 9.84 Å². The van der Waals surface area contributed by atoms with E-state index in [0.717, 1.165) is 6.42 Å². The summed E-state index contributed by atoms with van der Waals surface area (Å²) >= 11 is 2.71. The van der Waals surface area contributed by atoms with E-state index in [1.54, 1.807) is 12.1 Å². The molecule has 1 saturated heterocycles. The van der Waals surface area contributed by atoms with E-state index in [-0.39, 0.29) is 24.2 Å². The van der Waals surface area contributed by atoms with Gasteiger partial charge in [0.15, 0.2) is 10.0 Å². The molecular formula is C20H23FN2O5S2. The van der Waals surface area contributed by atoms with Crippen LogP contribution in [0.15, 0.2) is 34.0 Å². The minimum Gasteiger partial charge on any atom is -0.491 e. The molecule has 0 spiro atoms. The SMILES string of the molecule is O=C(O)c1csc(SCCN2C(=O)CC[C@@H]2CCC(O)COc2cccc(F)c2)n1. The molecule has 1 aromatic heterocycles. The monoisotopic (exact) mass is 454 g/mol. The van der Waals surface area contributed by atoms with Crippen LogP contribution in [-0.4, -0.2) is 63.0 Å². The standard InChI is InChI=1S/C20H23FN2O5S2/c21-13-2-1-3-16(10-13)28-11-15(24)6-4-14-5-7-18(25)23(14)8-9-29-20-22-17(12-30-20)19(26)27/h1-3,10,12,14-15,24H,4-9,11H2,(H,26,27)/t14-,15?/m0/s1. The number of hydrogen-bond acceptors (Lipinski definition) is 7. The van der Waals surface area contributed by atoms with Gasteiger partial charge in [0.2, 0.25) is 5.91 Å². The lowest BCUT2D eigenvalue weighted by atomic mass is 10.1. The van der Waals surface area contributed by atoms with Gasteiger partial charge < -0.3 is 19.8 Å². The quantitative estimate of drug-likeness (QED) is 0.503. The van der Waals surface area contributed by atoms with Crippen molar-refractivity contribution in [3.63, 3.8) is 0 Å². The van der Waals surface area contributed by atoms with Gasteiger partial charge in [0.1, 0.15) is 18.2 Å². The molecule has 162 valence electrons. The van der Waals surface area contributed by atoms with Gasteiger partial charge in [-0.15, -0.1) is 11.3 Å². The number of thiazole rings is 1. The van der Waals surface area contributed by atoms with Crippen LogP contribution in [0.1, 0.15) is 36.2 Å². The molecule has 1 aromatic carbocycles. The number of aliphatic hydroxyl groups is 1. The molecule has 1 aliphatic heterocycles. The van der Waals surface area contributed by atoms with Crippen LogP contribution in [0.25, 0.3) is 0 Å². The van der Waals surface area contributed by atoms with Gasteiger partial charge in [0.25, 0.3) is 0 Å². The van der Waals surface area contributed by atoms with Gasteiger partial charge in [-0.3, -0.25) is 4.79 Å². The summed E-state index contributed by atoms with van der Waals surface area (Å²) in [5.41, 5.74) is 0.0343. The fourth-order valence-corrected chi connectivity index (χ4v) is 5.08. The highest BCUT2D eigenvalue weighted by Gasteiger charge is 2.30. The molecule has 10 heteroatoms. The summed E-state index contributed by atoms with van der Waals surface area (Å²) in [6.07, 6.45) is 1.67. The summed E-state index contributed by atoms with van der Waals surface area (Å²) in [7, 11) is 0. The predicted molar refractivity (Wildman–Crippen MR) is 112 cm³/mol. The third kappa shape index (κ3) is 6.41. The highest BCUT2D eigenvalue weighted by molar-refractivity contribution is 8.01. The van der Waals surface area contributed by atoms with Crippen LogP contribution in [0.2, 0.25) is 0 Å².